The predicted octanol–water partition coefficient (Wildman–Crippen LogP) is 2.79. The van der Waals surface area contributed by atoms with Crippen molar-refractivity contribution in [3.05, 3.63) is 46.8 Å². The molecule has 0 aliphatic heterocycles. The number of sulfonamides is 1. The Balaban J connectivity index is 2.33. The fraction of sp³-hybridized carbons (Fsp3) is 0.0833. The van der Waals surface area contributed by atoms with E-state index in [9.17, 15) is 12.8 Å². The number of pyridine rings is 1. The van der Waals surface area contributed by atoms with Crippen LogP contribution >= 0.6 is 15.9 Å². The Hall–Kier alpha value is -1.67. The van der Waals surface area contributed by atoms with Crippen molar-refractivity contribution in [3.63, 3.8) is 0 Å². The van der Waals surface area contributed by atoms with Crippen molar-refractivity contribution in [1.82, 2.24) is 4.98 Å². The van der Waals surface area contributed by atoms with E-state index >= 15 is 0 Å². The highest BCUT2D eigenvalue weighted by atomic mass is 79.9. The van der Waals surface area contributed by atoms with E-state index in [1.54, 1.807) is 6.07 Å². The molecule has 0 amide bonds. The van der Waals surface area contributed by atoms with Gasteiger partial charge in [0.05, 0.1) is 12.0 Å². The third-order valence-electron chi connectivity index (χ3n) is 2.39. The summed E-state index contributed by atoms with van der Waals surface area (Å²) in [5, 5.41) is 0. The fourth-order valence-corrected chi connectivity index (χ4v) is 2.82. The second-order valence-electron chi connectivity index (χ2n) is 3.76. The highest BCUT2D eigenvalue weighted by Crippen LogP contribution is 2.22. The number of methoxy groups -OCH3 is 1. The molecule has 1 aromatic carbocycles. The summed E-state index contributed by atoms with van der Waals surface area (Å²) in [5.41, 5.74) is 0. The molecular formula is C12H10BrFN2O3S. The third-order valence-corrected chi connectivity index (χ3v) is 4.24. The van der Waals surface area contributed by atoms with Crippen molar-refractivity contribution in [2.45, 2.75) is 4.90 Å². The zero-order valence-corrected chi connectivity index (χ0v) is 12.7. The fourth-order valence-electron chi connectivity index (χ4n) is 1.47. The molecule has 2 rings (SSSR count). The summed E-state index contributed by atoms with van der Waals surface area (Å²) < 4.78 is 45.4. The number of ether oxygens (including phenoxy) is 1. The van der Waals surface area contributed by atoms with Crippen LogP contribution in [-0.4, -0.2) is 20.5 Å². The van der Waals surface area contributed by atoms with Crippen LogP contribution in [0.25, 0.3) is 0 Å². The second-order valence-corrected chi connectivity index (χ2v) is 6.36. The van der Waals surface area contributed by atoms with Crippen LogP contribution in [0.3, 0.4) is 0 Å². The molecule has 8 heteroatoms. The van der Waals surface area contributed by atoms with Crippen molar-refractivity contribution in [2.75, 3.05) is 11.8 Å². The van der Waals surface area contributed by atoms with Gasteiger partial charge >= 0.3 is 0 Å². The van der Waals surface area contributed by atoms with Gasteiger partial charge in [-0.15, -0.1) is 0 Å². The SMILES string of the molecule is COc1ccc(S(=O)(=O)Nc2cc(Br)ccn2)cc1F. The molecule has 0 saturated heterocycles. The van der Waals surface area contributed by atoms with Crippen LogP contribution < -0.4 is 9.46 Å². The molecule has 0 radical (unpaired) electrons. The van der Waals surface area contributed by atoms with Gasteiger partial charge in [-0.1, -0.05) is 15.9 Å². The summed E-state index contributed by atoms with van der Waals surface area (Å²) in [6.45, 7) is 0. The maximum Gasteiger partial charge on any atom is 0.263 e. The molecule has 0 saturated carbocycles. The number of halogens is 2. The van der Waals surface area contributed by atoms with E-state index in [1.165, 1.54) is 31.5 Å². The molecule has 0 unspecified atom stereocenters. The van der Waals surface area contributed by atoms with E-state index in [1.807, 2.05) is 0 Å². The van der Waals surface area contributed by atoms with Crippen LogP contribution in [0, 0.1) is 5.82 Å². The average Bonchev–Trinajstić information content (AvgIpc) is 2.38. The molecule has 2 aromatic rings. The molecule has 0 atom stereocenters. The second kappa shape index (κ2) is 5.76. The molecule has 0 aliphatic rings. The summed E-state index contributed by atoms with van der Waals surface area (Å²) in [4.78, 5) is 3.66. The molecule has 20 heavy (non-hydrogen) atoms. The van der Waals surface area contributed by atoms with Gasteiger partial charge in [0.15, 0.2) is 11.6 Å². The van der Waals surface area contributed by atoms with Gasteiger partial charge in [-0.2, -0.15) is 0 Å². The Morgan fingerprint density at radius 1 is 1.30 bits per heavy atom. The highest BCUT2D eigenvalue weighted by molar-refractivity contribution is 9.10. The third kappa shape index (κ3) is 3.26. The number of nitrogens with one attached hydrogen (secondary N) is 1. The molecule has 0 aliphatic carbocycles. The monoisotopic (exact) mass is 360 g/mol. The first-order valence-corrected chi connectivity index (χ1v) is 7.68. The number of anilines is 1. The summed E-state index contributed by atoms with van der Waals surface area (Å²) in [7, 11) is -2.60. The molecule has 0 spiro atoms. The zero-order valence-electron chi connectivity index (χ0n) is 10.3. The molecule has 1 heterocycles. The van der Waals surface area contributed by atoms with E-state index in [2.05, 4.69) is 25.6 Å². The predicted molar refractivity (Wildman–Crippen MR) is 75.7 cm³/mol. The number of nitrogens with zero attached hydrogens (tertiary/aromatic N) is 1. The van der Waals surface area contributed by atoms with Crippen molar-refractivity contribution in [1.29, 1.82) is 0 Å². The van der Waals surface area contributed by atoms with Crippen LogP contribution in [0.15, 0.2) is 45.9 Å². The number of aromatic nitrogens is 1. The minimum absolute atomic E-state index is 0.0236. The first-order valence-electron chi connectivity index (χ1n) is 5.40. The van der Waals surface area contributed by atoms with E-state index in [0.29, 0.717) is 4.47 Å². The van der Waals surface area contributed by atoms with Crippen molar-refractivity contribution in [2.24, 2.45) is 0 Å². The Morgan fingerprint density at radius 3 is 2.65 bits per heavy atom. The molecule has 106 valence electrons. The molecular weight excluding hydrogens is 351 g/mol. The van der Waals surface area contributed by atoms with Crippen LogP contribution in [-0.2, 0) is 10.0 Å². The van der Waals surface area contributed by atoms with Gasteiger partial charge in [0.1, 0.15) is 5.82 Å². The van der Waals surface area contributed by atoms with Crippen LogP contribution in [0.5, 0.6) is 5.75 Å². The molecule has 0 bridgehead atoms. The van der Waals surface area contributed by atoms with Gasteiger partial charge in [-0.25, -0.2) is 17.8 Å². The topological polar surface area (TPSA) is 68.3 Å². The average molecular weight is 361 g/mol. The maximum atomic E-state index is 13.5. The molecule has 1 N–H and O–H groups in total. The largest absolute Gasteiger partial charge is 0.494 e. The van der Waals surface area contributed by atoms with Crippen LogP contribution in [0.4, 0.5) is 10.2 Å². The van der Waals surface area contributed by atoms with Gasteiger partial charge in [0.2, 0.25) is 0 Å². The van der Waals surface area contributed by atoms with Gasteiger partial charge < -0.3 is 4.74 Å². The summed E-state index contributed by atoms with van der Waals surface area (Å²) in [6, 6.07) is 6.54. The normalized spacial score (nSPS) is 11.2. The first kappa shape index (κ1) is 14.7. The molecule has 0 fully saturated rings. The number of hydrogen-bond donors (Lipinski definition) is 1. The number of rotatable bonds is 4. The Morgan fingerprint density at radius 2 is 2.05 bits per heavy atom. The lowest BCUT2D eigenvalue weighted by atomic mass is 10.3. The summed E-state index contributed by atoms with van der Waals surface area (Å²) in [6.07, 6.45) is 1.44. The van der Waals surface area contributed by atoms with Gasteiger partial charge in [-0.3, -0.25) is 4.72 Å². The number of hydrogen-bond acceptors (Lipinski definition) is 4. The highest BCUT2D eigenvalue weighted by Gasteiger charge is 2.17. The van der Waals surface area contributed by atoms with E-state index in [4.69, 9.17) is 4.74 Å². The van der Waals surface area contributed by atoms with Crippen LogP contribution in [0.2, 0.25) is 0 Å². The minimum Gasteiger partial charge on any atom is -0.494 e. The van der Waals surface area contributed by atoms with Gasteiger partial charge in [0.25, 0.3) is 10.0 Å². The summed E-state index contributed by atoms with van der Waals surface area (Å²) in [5.74, 6) is -0.641. The quantitative estimate of drug-likeness (QED) is 0.909. The summed E-state index contributed by atoms with van der Waals surface area (Å²) >= 11 is 3.21. The maximum absolute atomic E-state index is 13.5. The lowest BCUT2D eigenvalue weighted by molar-refractivity contribution is 0.385. The van der Waals surface area contributed by atoms with E-state index in [-0.39, 0.29) is 16.5 Å². The Bertz CT molecular complexity index is 737. The van der Waals surface area contributed by atoms with Gasteiger partial charge in [0, 0.05) is 10.7 Å². The standard InChI is InChI=1S/C12H10BrFN2O3S/c1-19-11-3-2-9(7-10(11)14)20(17,18)16-12-6-8(13)4-5-15-12/h2-7H,1H3,(H,15,16). The van der Waals surface area contributed by atoms with E-state index < -0.39 is 15.8 Å². The number of benzene rings is 1. The lowest BCUT2D eigenvalue weighted by Gasteiger charge is -2.08. The van der Waals surface area contributed by atoms with Crippen molar-refractivity contribution < 1.29 is 17.5 Å². The van der Waals surface area contributed by atoms with Crippen molar-refractivity contribution in [3.8, 4) is 5.75 Å². The molecule has 1 aromatic heterocycles. The minimum atomic E-state index is -3.91. The van der Waals surface area contributed by atoms with Crippen LogP contribution in [0.1, 0.15) is 0 Å². The van der Waals surface area contributed by atoms with Crippen molar-refractivity contribution >= 4 is 31.8 Å². The van der Waals surface area contributed by atoms with Gasteiger partial charge in [-0.05, 0) is 30.3 Å². The van der Waals surface area contributed by atoms with E-state index in [0.717, 1.165) is 6.07 Å². The first-order chi connectivity index (χ1) is 9.42. The molecule has 5 nitrogen and oxygen atoms in total. The zero-order chi connectivity index (χ0) is 14.8. The lowest BCUT2D eigenvalue weighted by Crippen LogP contribution is -2.14. The Labute approximate surface area is 124 Å². The smallest absolute Gasteiger partial charge is 0.263 e. The Kier molecular flexibility index (Phi) is 4.24.